The molecule has 0 aromatic carbocycles. The van der Waals surface area contributed by atoms with Crippen molar-refractivity contribution < 1.29 is 37.8 Å². The zero-order chi connectivity index (χ0) is 8.43. The average molecular weight is 237 g/mol. The Morgan fingerprint density at radius 2 is 2.25 bits per heavy atom. The van der Waals surface area contributed by atoms with Gasteiger partial charge in [0.25, 0.3) is 0 Å². The van der Waals surface area contributed by atoms with Crippen molar-refractivity contribution in [2.24, 2.45) is 11.8 Å². The van der Waals surface area contributed by atoms with Crippen LogP contribution in [0.3, 0.4) is 0 Å². The zero-order valence-electron chi connectivity index (χ0n) is 6.98. The predicted octanol–water partition coefficient (Wildman–Crippen LogP) is 0.690. The van der Waals surface area contributed by atoms with Gasteiger partial charge in [0.15, 0.2) is 0 Å². The van der Waals surface area contributed by atoms with Crippen molar-refractivity contribution in [3.05, 3.63) is 18.3 Å². The third-order valence-electron chi connectivity index (χ3n) is 2.46. The van der Waals surface area contributed by atoms with Crippen LogP contribution in [-0.2, 0) is 32.7 Å². The second kappa shape index (κ2) is 5.37. The molecule has 12 heavy (non-hydrogen) atoms. The Morgan fingerprint density at radius 3 is 2.50 bits per heavy atom. The molecule has 1 saturated carbocycles. The number of nitrogens with zero attached hydrogens (tertiary/aromatic N) is 1. The molecule has 0 aliphatic heterocycles. The van der Waals surface area contributed by atoms with Crippen molar-refractivity contribution in [2.75, 3.05) is 0 Å². The molecule has 1 fully saturated rings. The Bertz CT molecular complexity index is 182. The maximum Gasteiger partial charge on any atom is 0.202 e. The smallest absolute Gasteiger partial charge is 0.202 e. The van der Waals surface area contributed by atoms with Gasteiger partial charge in [0.2, 0.25) is 6.04 Å². The van der Waals surface area contributed by atoms with E-state index < -0.39 is 6.10 Å². The molecule has 61 valence electrons. The second-order valence-corrected chi connectivity index (χ2v) is 3.06. The summed E-state index contributed by atoms with van der Waals surface area (Å²) in [4.78, 5) is 3.39. The first-order chi connectivity index (χ1) is 5.20. The van der Waals surface area contributed by atoms with Gasteiger partial charge in [0, 0.05) is 39.1 Å². The zero-order valence-corrected chi connectivity index (χ0v) is 9.82. The van der Waals surface area contributed by atoms with Crippen LogP contribution in [0.2, 0.25) is 6.32 Å². The van der Waals surface area contributed by atoms with Gasteiger partial charge < -0.3 is 16.9 Å². The van der Waals surface area contributed by atoms with E-state index in [9.17, 15) is 5.11 Å². The van der Waals surface area contributed by atoms with E-state index in [1.54, 1.807) is 0 Å². The van der Waals surface area contributed by atoms with Crippen molar-refractivity contribution in [1.29, 1.82) is 0 Å². The Morgan fingerprint density at radius 1 is 1.67 bits per heavy atom. The molecule has 0 aromatic heterocycles. The predicted molar refractivity (Wildman–Crippen MR) is 43.9 cm³/mol. The van der Waals surface area contributed by atoms with Crippen LogP contribution in [0, 0.1) is 25.3 Å². The van der Waals surface area contributed by atoms with E-state index in [-0.39, 0.29) is 50.6 Å². The van der Waals surface area contributed by atoms with E-state index in [4.69, 9.17) is 14.4 Å². The van der Waals surface area contributed by atoms with Gasteiger partial charge in [0.05, 0.1) is 14.0 Å². The molecule has 1 rings (SSSR count). The molecule has 2 nitrogen and oxygen atoms in total. The fraction of sp³-hybridized carbons (Fsp3) is 0.750. The molecule has 1 N–H and O–H groups in total. The van der Waals surface area contributed by atoms with Gasteiger partial charge >= 0.3 is 0 Å². The third-order valence-corrected chi connectivity index (χ3v) is 2.46. The molecule has 1 aliphatic carbocycles. The van der Waals surface area contributed by atoms with Crippen LogP contribution in [0.4, 0.5) is 0 Å². The van der Waals surface area contributed by atoms with Crippen LogP contribution in [0.25, 0.3) is 4.85 Å². The summed E-state index contributed by atoms with van der Waals surface area (Å²) in [5.41, 5.74) is 0. The Labute approximate surface area is 100 Å². The number of hydrogen-bond donors (Lipinski definition) is 1. The number of aliphatic hydroxyl groups is 1. The summed E-state index contributed by atoms with van der Waals surface area (Å²) < 4.78 is 0. The van der Waals surface area contributed by atoms with E-state index in [2.05, 4.69) is 11.8 Å². The van der Waals surface area contributed by atoms with Gasteiger partial charge in [-0.3, -0.25) is 0 Å². The van der Waals surface area contributed by atoms with Gasteiger partial charge in [-0.05, 0) is 5.92 Å². The van der Waals surface area contributed by atoms with E-state index in [0.29, 0.717) is 12.7 Å². The quantitative estimate of drug-likeness (QED) is 0.526. The SMILES string of the molecule is [B]CC1C(O)CC([N+]#[C-])C1[CH2-].[Y]. The van der Waals surface area contributed by atoms with Gasteiger partial charge in [-0.15, -0.1) is 0 Å². The van der Waals surface area contributed by atoms with E-state index >= 15 is 0 Å². The van der Waals surface area contributed by atoms with E-state index in [1.807, 2.05) is 0 Å². The van der Waals surface area contributed by atoms with Crippen LogP contribution in [0.5, 0.6) is 0 Å². The van der Waals surface area contributed by atoms with Gasteiger partial charge in [-0.25, -0.2) is 6.57 Å². The largest absolute Gasteiger partial charge is 0.393 e. The molecule has 4 heteroatoms. The summed E-state index contributed by atoms with van der Waals surface area (Å²) >= 11 is 0. The van der Waals surface area contributed by atoms with Crippen LogP contribution < -0.4 is 0 Å². The fourth-order valence-electron chi connectivity index (χ4n) is 1.65. The third kappa shape index (κ3) is 2.31. The van der Waals surface area contributed by atoms with Gasteiger partial charge in [0.1, 0.15) is 0 Å². The van der Waals surface area contributed by atoms with Crippen LogP contribution in [-0.4, -0.2) is 25.1 Å². The van der Waals surface area contributed by atoms with Gasteiger partial charge in [-0.1, -0.05) is 12.2 Å². The molecule has 3 radical (unpaired) electrons. The average Bonchev–Trinajstić information content (AvgIpc) is 2.26. The van der Waals surface area contributed by atoms with Crippen molar-refractivity contribution in [3.8, 4) is 0 Å². The minimum absolute atomic E-state index is 0. The topological polar surface area (TPSA) is 24.6 Å². The van der Waals surface area contributed by atoms with Crippen molar-refractivity contribution in [2.45, 2.75) is 24.9 Å². The molecule has 0 heterocycles. The molecule has 0 spiro atoms. The van der Waals surface area contributed by atoms with Gasteiger partial charge in [-0.2, -0.15) is 0 Å². The summed E-state index contributed by atoms with van der Waals surface area (Å²) in [5.74, 6) is 0.0293. The Balaban J connectivity index is 0.00000121. The molecular weight excluding hydrogens is 226 g/mol. The Hall–Kier alpha value is 0.619. The maximum absolute atomic E-state index is 9.40. The number of hydrogen-bond acceptors (Lipinski definition) is 1. The molecule has 0 saturated heterocycles. The number of rotatable bonds is 1. The summed E-state index contributed by atoms with van der Waals surface area (Å²) in [5, 5.41) is 9.40. The fourth-order valence-corrected chi connectivity index (χ4v) is 1.65. The first kappa shape index (κ1) is 12.6. The monoisotopic (exact) mass is 237 g/mol. The molecule has 0 bridgehead atoms. The van der Waals surface area contributed by atoms with Crippen LogP contribution >= 0.6 is 0 Å². The van der Waals surface area contributed by atoms with Crippen LogP contribution in [0.15, 0.2) is 0 Å². The standard InChI is InChI=1S/C8H11BNO.Y/c1-5-6(4-9)8(11)3-7(5)10-2;/h5-8,11H,1,3-4H2;/q-1;. The molecule has 4 atom stereocenters. The summed E-state index contributed by atoms with van der Waals surface area (Å²) in [7, 11) is 5.43. The first-order valence-electron chi connectivity index (χ1n) is 3.78. The number of aliphatic hydroxyl groups excluding tert-OH is 1. The molecular formula is C8H11BNOY-. The normalized spacial score (nSPS) is 40.1. The minimum atomic E-state index is -0.415. The Kier molecular flexibility index (Phi) is 5.65. The van der Waals surface area contributed by atoms with Crippen molar-refractivity contribution in [3.63, 3.8) is 0 Å². The van der Waals surface area contributed by atoms with Crippen molar-refractivity contribution >= 4 is 7.85 Å². The minimum Gasteiger partial charge on any atom is -0.393 e. The molecule has 0 aromatic rings. The maximum atomic E-state index is 9.40. The van der Waals surface area contributed by atoms with Crippen LogP contribution in [0.1, 0.15) is 6.42 Å². The molecule has 1 aliphatic rings. The summed E-state index contributed by atoms with van der Waals surface area (Å²) in [6, 6.07) is -0.126. The first-order valence-corrected chi connectivity index (χ1v) is 3.78. The van der Waals surface area contributed by atoms with E-state index in [0.717, 1.165) is 0 Å². The van der Waals surface area contributed by atoms with E-state index in [1.165, 1.54) is 0 Å². The second-order valence-electron chi connectivity index (χ2n) is 3.06. The summed E-state index contributed by atoms with van der Waals surface area (Å²) in [6.45, 7) is 10.7. The molecule has 4 unspecified atom stereocenters. The van der Waals surface area contributed by atoms with Crippen molar-refractivity contribution in [1.82, 2.24) is 0 Å². The summed E-state index contributed by atoms with van der Waals surface area (Å²) in [6.07, 6.45) is 0.558. The molecule has 0 amide bonds.